The van der Waals surface area contributed by atoms with Gasteiger partial charge in [-0.1, -0.05) is 30.3 Å². The van der Waals surface area contributed by atoms with Gasteiger partial charge in [-0.3, -0.25) is 0 Å². The lowest BCUT2D eigenvalue weighted by Gasteiger charge is -2.38. The molecule has 2 rings (SSSR count). The number of hydrogen-bond acceptors (Lipinski definition) is 3. The van der Waals surface area contributed by atoms with E-state index in [1.54, 1.807) is 0 Å². The van der Waals surface area contributed by atoms with E-state index >= 15 is 0 Å². The van der Waals surface area contributed by atoms with Crippen LogP contribution in [0.5, 0.6) is 0 Å². The molecular weight excluding hydrogens is 250 g/mol. The summed E-state index contributed by atoms with van der Waals surface area (Å²) in [5.74, 6) is -0.216. The average Bonchev–Trinajstić information content (AvgIpc) is 2.53. The van der Waals surface area contributed by atoms with Gasteiger partial charge in [-0.15, -0.1) is 0 Å². The molecular formula is C17H23NO2. The third-order valence-corrected chi connectivity index (χ3v) is 4.08. The molecule has 0 bridgehead atoms. The fourth-order valence-electron chi connectivity index (χ4n) is 2.87. The van der Waals surface area contributed by atoms with Gasteiger partial charge in [0.15, 0.2) is 0 Å². The molecule has 1 fully saturated rings. The van der Waals surface area contributed by atoms with Crippen LogP contribution in [0.2, 0.25) is 0 Å². The Bertz CT molecular complexity index is 493. The molecule has 1 heterocycles. The lowest BCUT2D eigenvalue weighted by molar-refractivity contribution is -0.136. The number of hydrogen-bond donors (Lipinski definition) is 0. The quantitative estimate of drug-likeness (QED) is 0.621. The summed E-state index contributed by atoms with van der Waals surface area (Å²) >= 11 is 0. The van der Waals surface area contributed by atoms with E-state index in [0.717, 1.165) is 30.7 Å². The van der Waals surface area contributed by atoms with Crippen LogP contribution in [-0.4, -0.2) is 24.5 Å². The zero-order valence-electron chi connectivity index (χ0n) is 12.6. The zero-order chi connectivity index (χ0) is 14.5. The first-order chi connectivity index (χ1) is 9.65. The summed E-state index contributed by atoms with van der Waals surface area (Å²) in [7, 11) is 1.44. The third-order valence-electron chi connectivity index (χ3n) is 4.08. The van der Waals surface area contributed by atoms with Crippen LogP contribution in [0.4, 0.5) is 0 Å². The molecule has 1 aromatic carbocycles. The highest BCUT2D eigenvalue weighted by atomic mass is 16.5. The molecule has 0 saturated carbocycles. The van der Waals surface area contributed by atoms with Crippen LogP contribution >= 0.6 is 0 Å². The Morgan fingerprint density at radius 1 is 1.25 bits per heavy atom. The summed E-state index contributed by atoms with van der Waals surface area (Å²) in [6.07, 6.45) is 3.27. The van der Waals surface area contributed by atoms with E-state index in [0.29, 0.717) is 0 Å². The van der Waals surface area contributed by atoms with Crippen molar-refractivity contribution in [2.75, 3.05) is 13.7 Å². The van der Waals surface area contributed by atoms with E-state index < -0.39 is 0 Å². The minimum Gasteiger partial charge on any atom is -0.466 e. The molecule has 20 heavy (non-hydrogen) atoms. The van der Waals surface area contributed by atoms with Crippen molar-refractivity contribution < 1.29 is 9.53 Å². The number of likely N-dealkylation sites (tertiary alicyclic amines) is 1. The molecule has 0 spiro atoms. The van der Waals surface area contributed by atoms with Gasteiger partial charge in [0.05, 0.1) is 18.7 Å². The van der Waals surface area contributed by atoms with Crippen LogP contribution in [0.3, 0.4) is 0 Å². The summed E-state index contributed by atoms with van der Waals surface area (Å²) in [5.41, 5.74) is 3.17. The fraction of sp³-hybridized carbons (Fsp3) is 0.471. The monoisotopic (exact) mass is 273 g/mol. The number of rotatable bonds is 3. The Balaban J connectivity index is 2.30. The molecule has 0 aliphatic carbocycles. The molecule has 3 heteroatoms. The Morgan fingerprint density at radius 2 is 1.95 bits per heavy atom. The number of allylic oxidation sites excluding steroid dienone is 1. The van der Waals surface area contributed by atoms with Crippen molar-refractivity contribution in [1.29, 1.82) is 0 Å². The molecule has 0 unspecified atom stereocenters. The molecule has 1 aromatic rings. The Labute approximate surface area is 121 Å². The Hall–Kier alpha value is -1.77. The third kappa shape index (κ3) is 3.03. The van der Waals surface area contributed by atoms with Crippen molar-refractivity contribution in [3.63, 3.8) is 0 Å². The highest BCUT2D eigenvalue weighted by Crippen LogP contribution is 2.32. The number of piperidine rings is 1. The minimum atomic E-state index is -0.216. The maximum Gasteiger partial charge on any atom is 0.335 e. The van der Waals surface area contributed by atoms with Gasteiger partial charge in [-0.25, -0.2) is 4.79 Å². The lowest BCUT2D eigenvalue weighted by Crippen LogP contribution is -2.32. The van der Waals surface area contributed by atoms with E-state index in [1.807, 2.05) is 13.0 Å². The van der Waals surface area contributed by atoms with Crippen LogP contribution in [0.15, 0.2) is 41.6 Å². The summed E-state index contributed by atoms with van der Waals surface area (Å²) in [5, 5.41) is 0. The van der Waals surface area contributed by atoms with Crippen molar-refractivity contribution in [2.45, 2.75) is 39.2 Å². The van der Waals surface area contributed by atoms with Crippen LogP contribution in [0, 0.1) is 0 Å². The van der Waals surface area contributed by atoms with Crippen LogP contribution < -0.4 is 0 Å². The molecule has 1 atom stereocenters. The van der Waals surface area contributed by atoms with Crippen molar-refractivity contribution >= 4 is 5.97 Å². The van der Waals surface area contributed by atoms with Gasteiger partial charge in [-0.05, 0) is 38.7 Å². The van der Waals surface area contributed by atoms with E-state index in [1.165, 1.54) is 19.1 Å². The second-order valence-corrected chi connectivity index (χ2v) is 5.30. The number of carbonyl (C=O) groups is 1. The smallest absolute Gasteiger partial charge is 0.335 e. The van der Waals surface area contributed by atoms with Gasteiger partial charge < -0.3 is 9.64 Å². The van der Waals surface area contributed by atoms with Gasteiger partial charge >= 0.3 is 5.97 Å². The highest BCUT2D eigenvalue weighted by molar-refractivity contribution is 5.88. The number of nitrogens with zero attached hydrogens (tertiary/aromatic N) is 1. The standard InChI is InChI=1S/C17H23NO2/c1-13(17(19)20-3)16-11-7-8-12-18(16)14(2)15-9-5-4-6-10-15/h4-6,9-10,14H,7-8,11-12H2,1-3H3/b16-13-/t14-/m1/s1. The number of benzene rings is 1. The summed E-state index contributed by atoms with van der Waals surface area (Å²) in [4.78, 5) is 14.2. The van der Waals surface area contributed by atoms with Gasteiger partial charge in [-0.2, -0.15) is 0 Å². The summed E-state index contributed by atoms with van der Waals surface area (Å²) in [6.45, 7) is 5.07. The van der Waals surface area contributed by atoms with Gasteiger partial charge in [0.1, 0.15) is 0 Å². The maximum atomic E-state index is 11.8. The molecule has 1 aliphatic rings. The van der Waals surface area contributed by atoms with Crippen molar-refractivity contribution in [3.8, 4) is 0 Å². The summed E-state index contributed by atoms with van der Waals surface area (Å²) < 4.78 is 4.88. The molecule has 0 aromatic heterocycles. The number of ether oxygens (including phenoxy) is 1. The fourth-order valence-corrected chi connectivity index (χ4v) is 2.87. The summed E-state index contributed by atoms with van der Waals surface area (Å²) in [6, 6.07) is 10.7. The van der Waals surface area contributed by atoms with E-state index in [2.05, 4.69) is 36.1 Å². The van der Waals surface area contributed by atoms with Gasteiger partial charge in [0.2, 0.25) is 0 Å². The largest absolute Gasteiger partial charge is 0.466 e. The molecule has 1 saturated heterocycles. The molecule has 0 N–H and O–H groups in total. The molecule has 108 valence electrons. The average molecular weight is 273 g/mol. The molecule has 0 radical (unpaired) electrons. The number of carbonyl (C=O) groups excluding carboxylic acids is 1. The molecule has 3 nitrogen and oxygen atoms in total. The second-order valence-electron chi connectivity index (χ2n) is 5.30. The number of methoxy groups -OCH3 is 1. The van der Waals surface area contributed by atoms with Crippen LogP contribution in [0.1, 0.15) is 44.7 Å². The Kier molecular flexibility index (Phi) is 4.83. The second kappa shape index (κ2) is 6.60. The van der Waals surface area contributed by atoms with Crippen molar-refractivity contribution in [3.05, 3.63) is 47.2 Å². The van der Waals surface area contributed by atoms with E-state index in [-0.39, 0.29) is 12.0 Å². The first-order valence-electron chi connectivity index (χ1n) is 7.24. The van der Waals surface area contributed by atoms with Crippen LogP contribution in [0.25, 0.3) is 0 Å². The topological polar surface area (TPSA) is 29.5 Å². The highest BCUT2D eigenvalue weighted by Gasteiger charge is 2.25. The van der Waals surface area contributed by atoms with Gasteiger partial charge in [0, 0.05) is 12.2 Å². The maximum absolute atomic E-state index is 11.8. The molecule has 0 amide bonds. The van der Waals surface area contributed by atoms with Crippen molar-refractivity contribution in [1.82, 2.24) is 4.90 Å². The first-order valence-corrected chi connectivity index (χ1v) is 7.24. The van der Waals surface area contributed by atoms with E-state index in [4.69, 9.17) is 4.74 Å². The predicted octanol–water partition coefficient (Wildman–Crippen LogP) is 3.68. The lowest BCUT2D eigenvalue weighted by atomic mass is 9.98. The first kappa shape index (κ1) is 14.6. The SMILES string of the molecule is COC(=O)/C(C)=C1/CCCCN1[C@H](C)c1ccccc1. The predicted molar refractivity (Wildman–Crippen MR) is 80.1 cm³/mol. The normalized spacial score (nSPS) is 19.4. The number of esters is 1. The van der Waals surface area contributed by atoms with Crippen LogP contribution in [-0.2, 0) is 9.53 Å². The zero-order valence-corrected chi connectivity index (χ0v) is 12.6. The minimum absolute atomic E-state index is 0.216. The Morgan fingerprint density at radius 3 is 2.60 bits per heavy atom. The van der Waals surface area contributed by atoms with Gasteiger partial charge in [0.25, 0.3) is 0 Å². The molecule has 1 aliphatic heterocycles. The van der Waals surface area contributed by atoms with Crippen molar-refractivity contribution in [2.24, 2.45) is 0 Å². The van der Waals surface area contributed by atoms with E-state index in [9.17, 15) is 4.79 Å².